The molecule has 6 unspecified atom stereocenters. The van der Waals surface area contributed by atoms with Crippen LogP contribution in [0, 0.1) is 5.92 Å². The molecule has 164 valence electrons. The smallest absolute Gasteiger partial charge is 0.312 e. The number of ether oxygens (including phenoxy) is 1. The minimum atomic E-state index is -9.61. The minimum Gasteiger partial charge on any atom is -0.445 e. The Bertz CT molecular complexity index is 624. The van der Waals surface area contributed by atoms with Gasteiger partial charge in [0.2, 0.25) is 0 Å². The van der Waals surface area contributed by atoms with E-state index in [1.165, 1.54) is 0 Å². The van der Waals surface area contributed by atoms with Crippen LogP contribution in [0.2, 0.25) is 0 Å². The van der Waals surface area contributed by atoms with Gasteiger partial charge in [-0.15, -0.1) is 0 Å². The van der Waals surface area contributed by atoms with Gasteiger partial charge in [-0.3, -0.25) is 15.0 Å². The first-order valence-electron chi connectivity index (χ1n) is 9.56. The minimum absolute atomic E-state index is 0.130. The average molecular weight is 435 g/mol. The zero-order valence-corrected chi connectivity index (χ0v) is 16.0. The molecule has 0 aromatic rings. The maximum absolute atomic E-state index is 13.1. The van der Waals surface area contributed by atoms with Crippen molar-refractivity contribution in [2.24, 2.45) is 5.92 Å². The number of halogens is 5. The fourth-order valence-corrected chi connectivity index (χ4v) is 5.78. The normalized spacial score (nSPS) is 43.0. The van der Waals surface area contributed by atoms with Gasteiger partial charge in [0, 0.05) is 25.8 Å². The molecule has 0 bridgehead atoms. The lowest BCUT2D eigenvalue weighted by Crippen LogP contribution is -2.67. The number of rotatable bonds is 3. The Balaban J connectivity index is 1.34. The standard InChI is InChI=1S/C15H26F5N5O2S/c16-28(17,18,19,20)9-1-2-11-10(7-9)15(26)27-14(22-11)12-3-4-13(24-23-12)25-6-5-21-8-25/h9-14,21-24H,1-8H2. The van der Waals surface area contributed by atoms with Gasteiger partial charge in [-0.1, -0.05) is 19.4 Å². The Morgan fingerprint density at radius 2 is 1.75 bits per heavy atom. The molecule has 0 amide bonds. The topological polar surface area (TPSA) is 77.7 Å². The van der Waals surface area contributed by atoms with Crippen molar-refractivity contribution in [3.05, 3.63) is 0 Å². The average Bonchev–Trinajstić information content (AvgIpc) is 3.14. The monoisotopic (exact) mass is 435 g/mol. The summed E-state index contributed by atoms with van der Waals surface area (Å²) in [5, 5.41) is 3.59. The number of nitrogens with zero attached hydrogens (tertiary/aromatic N) is 1. The van der Waals surface area contributed by atoms with Crippen LogP contribution in [0.25, 0.3) is 0 Å². The second-order valence-corrected chi connectivity index (χ2v) is 10.9. The quantitative estimate of drug-likeness (QED) is 0.397. The molecule has 13 heteroatoms. The van der Waals surface area contributed by atoms with E-state index in [-0.39, 0.29) is 18.6 Å². The first-order valence-corrected chi connectivity index (χ1v) is 11.6. The molecule has 3 saturated heterocycles. The summed E-state index contributed by atoms with van der Waals surface area (Å²) in [7, 11) is -9.61. The van der Waals surface area contributed by atoms with Gasteiger partial charge in [0.05, 0.1) is 23.4 Å². The van der Waals surface area contributed by atoms with Crippen LogP contribution in [-0.4, -0.2) is 60.4 Å². The van der Waals surface area contributed by atoms with Crippen molar-refractivity contribution in [3.63, 3.8) is 0 Å². The summed E-state index contributed by atoms with van der Waals surface area (Å²) < 4.78 is 70.9. The molecule has 1 aliphatic carbocycles. The summed E-state index contributed by atoms with van der Waals surface area (Å²) in [6, 6.07) is -0.824. The number of fused-ring (bicyclic) bond motifs is 1. The molecule has 0 radical (unpaired) electrons. The van der Waals surface area contributed by atoms with Crippen LogP contribution in [0.4, 0.5) is 19.4 Å². The van der Waals surface area contributed by atoms with Crippen LogP contribution in [0.15, 0.2) is 0 Å². The SMILES string of the molecule is O=C1OC(C2CCC(N3CCNC3)NN2)NC2CCC(S(F)(F)(F)(F)F)CC12. The zero-order chi connectivity index (χ0) is 20.2. The molecule has 3 heterocycles. The Morgan fingerprint density at radius 3 is 2.36 bits per heavy atom. The summed E-state index contributed by atoms with van der Waals surface area (Å²) >= 11 is 0. The summed E-state index contributed by atoms with van der Waals surface area (Å²) in [5.41, 5.74) is 6.32. The van der Waals surface area contributed by atoms with E-state index in [0.29, 0.717) is 6.42 Å². The highest BCUT2D eigenvalue weighted by Gasteiger charge is 2.71. The van der Waals surface area contributed by atoms with Crippen LogP contribution >= 0.6 is 10.2 Å². The molecule has 4 N–H and O–H groups in total. The van der Waals surface area contributed by atoms with Gasteiger partial charge in [0.1, 0.15) is 0 Å². The molecule has 4 fully saturated rings. The van der Waals surface area contributed by atoms with E-state index >= 15 is 0 Å². The van der Waals surface area contributed by atoms with E-state index in [1.54, 1.807) is 0 Å². The fourth-order valence-electron chi connectivity index (χ4n) is 4.63. The van der Waals surface area contributed by atoms with Gasteiger partial charge in [0.15, 0.2) is 6.23 Å². The van der Waals surface area contributed by atoms with Gasteiger partial charge in [-0.05, 0) is 32.1 Å². The summed E-state index contributed by atoms with van der Waals surface area (Å²) in [6.45, 7) is 2.64. The van der Waals surface area contributed by atoms with Crippen molar-refractivity contribution in [2.75, 3.05) is 19.8 Å². The molecular formula is C15H26F5N5O2S. The number of carbonyl (C=O) groups excluding carboxylic acids is 1. The number of hydrogen-bond acceptors (Lipinski definition) is 7. The van der Waals surface area contributed by atoms with E-state index in [4.69, 9.17) is 4.74 Å². The Labute approximate surface area is 159 Å². The van der Waals surface area contributed by atoms with Crippen molar-refractivity contribution in [1.82, 2.24) is 26.4 Å². The third-order valence-corrected chi connectivity index (χ3v) is 7.93. The molecule has 0 aromatic carbocycles. The highest BCUT2D eigenvalue weighted by molar-refractivity contribution is 8.46. The third-order valence-electron chi connectivity index (χ3n) is 6.24. The van der Waals surface area contributed by atoms with Crippen molar-refractivity contribution < 1.29 is 29.0 Å². The first kappa shape index (κ1) is 20.5. The molecule has 4 rings (SSSR count). The second kappa shape index (κ2) is 6.38. The predicted molar refractivity (Wildman–Crippen MR) is 93.7 cm³/mol. The van der Waals surface area contributed by atoms with Crippen LogP contribution in [-0.2, 0) is 9.53 Å². The molecule has 0 spiro atoms. The van der Waals surface area contributed by atoms with E-state index in [0.717, 1.165) is 26.2 Å². The van der Waals surface area contributed by atoms with Gasteiger partial charge in [0.25, 0.3) is 10.2 Å². The number of nitrogens with one attached hydrogen (secondary N) is 4. The Kier molecular flexibility index (Phi) is 4.68. The maximum atomic E-state index is 13.1. The van der Waals surface area contributed by atoms with Crippen molar-refractivity contribution >= 4 is 16.2 Å². The lowest BCUT2D eigenvalue weighted by molar-refractivity contribution is -0.171. The summed E-state index contributed by atoms with van der Waals surface area (Å²) in [6.07, 6.45) is -0.759. The molecule has 1 saturated carbocycles. The highest BCUT2D eigenvalue weighted by atomic mass is 32.5. The number of esters is 1. The zero-order valence-electron chi connectivity index (χ0n) is 15.2. The lowest BCUT2D eigenvalue weighted by Gasteiger charge is -2.52. The van der Waals surface area contributed by atoms with Crippen LogP contribution in [0.5, 0.6) is 0 Å². The molecule has 7 nitrogen and oxygen atoms in total. The van der Waals surface area contributed by atoms with Crippen molar-refractivity contribution in [3.8, 4) is 0 Å². The molecule has 6 atom stereocenters. The van der Waals surface area contributed by atoms with Crippen LogP contribution < -0.4 is 21.5 Å². The van der Waals surface area contributed by atoms with Gasteiger partial charge < -0.3 is 10.1 Å². The maximum Gasteiger partial charge on any atom is 0.312 e. The van der Waals surface area contributed by atoms with E-state index < -0.39 is 52.5 Å². The van der Waals surface area contributed by atoms with E-state index in [9.17, 15) is 24.2 Å². The molecule has 3 aliphatic heterocycles. The number of hydrazine groups is 1. The van der Waals surface area contributed by atoms with Gasteiger partial charge in [-0.2, -0.15) is 0 Å². The largest absolute Gasteiger partial charge is 0.445 e. The van der Waals surface area contributed by atoms with Crippen LogP contribution in [0.3, 0.4) is 0 Å². The Morgan fingerprint density at radius 1 is 1.00 bits per heavy atom. The third kappa shape index (κ3) is 4.24. The predicted octanol–water partition coefficient (Wildman–Crippen LogP) is 1.74. The van der Waals surface area contributed by atoms with Gasteiger partial charge >= 0.3 is 5.97 Å². The van der Waals surface area contributed by atoms with E-state index in [1.807, 2.05) is 0 Å². The first-order chi connectivity index (χ1) is 12.9. The highest BCUT2D eigenvalue weighted by Crippen LogP contribution is 3.01. The lowest BCUT2D eigenvalue weighted by atomic mass is 9.82. The van der Waals surface area contributed by atoms with E-state index in [2.05, 4.69) is 26.4 Å². The van der Waals surface area contributed by atoms with Crippen LogP contribution in [0.1, 0.15) is 32.1 Å². The van der Waals surface area contributed by atoms with Crippen molar-refractivity contribution in [1.29, 1.82) is 0 Å². The Hall–Kier alpha value is -0.730. The molecule has 28 heavy (non-hydrogen) atoms. The molecule has 0 aromatic heterocycles. The molecular weight excluding hydrogens is 409 g/mol. The summed E-state index contributed by atoms with van der Waals surface area (Å²) in [4.78, 5) is 14.5. The second-order valence-electron chi connectivity index (χ2n) is 8.16. The molecule has 4 aliphatic rings. The van der Waals surface area contributed by atoms with Gasteiger partial charge in [-0.25, -0.2) is 10.9 Å². The number of hydrogen-bond donors (Lipinski definition) is 4. The number of carbonyl (C=O) groups is 1. The number of cyclic esters (lactones) is 1. The summed E-state index contributed by atoms with van der Waals surface area (Å²) in [5.74, 6) is -2.02. The van der Waals surface area contributed by atoms with Crippen molar-refractivity contribution in [2.45, 2.75) is 61.8 Å². The fraction of sp³-hybridized carbons (Fsp3) is 0.933.